The van der Waals surface area contributed by atoms with Crippen molar-refractivity contribution in [3.63, 3.8) is 0 Å². The zero-order chi connectivity index (χ0) is 17.6. The molecule has 5 nitrogen and oxygen atoms in total. The zero-order valence-electron chi connectivity index (χ0n) is 13.6. The van der Waals surface area contributed by atoms with Gasteiger partial charge < -0.3 is 5.32 Å². The second-order valence-electron chi connectivity index (χ2n) is 5.75. The van der Waals surface area contributed by atoms with E-state index in [1.165, 1.54) is 6.07 Å². The Morgan fingerprint density at radius 3 is 2.80 bits per heavy atom. The summed E-state index contributed by atoms with van der Waals surface area (Å²) in [6.07, 6.45) is 3.96. The van der Waals surface area contributed by atoms with Gasteiger partial charge in [-0.25, -0.2) is 8.78 Å². The molecule has 2 aromatic heterocycles. The maximum atomic E-state index is 13.1. The summed E-state index contributed by atoms with van der Waals surface area (Å²) < 4.78 is 27.9. The molecule has 0 saturated carbocycles. The number of aryl methyl sites for hydroxylation is 2. The molecular weight excluding hydrogens is 326 g/mol. The van der Waals surface area contributed by atoms with Gasteiger partial charge in [-0.2, -0.15) is 0 Å². The van der Waals surface area contributed by atoms with Crippen molar-refractivity contribution in [3.8, 4) is 0 Å². The van der Waals surface area contributed by atoms with Gasteiger partial charge in [-0.15, -0.1) is 10.2 Å². The van der Waals surface area contributed by atoms with Crippen LogP contribution in [0, 0.1) is 11.6 Å². The Labute approximate surface area is 143 Å². The Morgan fingerprint density at radius 2 is 1.96 bits per heavy atom. The zero-order valence-corrected chi connectivity index (χ0v) is 13.6. The van der Waals surface area contributed by atoms with Crippen LogP contribution in [0.2, 0.25) is 0 Å². The maximum absolute atomic E-state index is 13.1. The molecule has 1 N–H and O–H groups in total. The number of halogens is 2. The highest BCUT2D eigenvalue weighted by molar-refractivity contribution is 5.76. The van der Waals surface area contributed by atoms with Crippen LogP contribution in [-0.2, 0) is 17.6 Å². The molecule has 0 radical (unpaired) electrons. The first-order valence-corrected chi connectivity index (χ1v) is 8.13. The van der Waals surface area contributed by atoms with Gasteiger partial charge in [0.2, 0.25) is 5.91 Å². The van der Waals surface area contributed by atoms with E-state index in [0.29, 0.717) is 24.9 Å². The third kappa shape index (κ3) is 4.37. The number of fused-ring (bicyclic) bond motifs is 1. The van der Waals surface area contributed by atoms with Gasteiger partial charge in [-0.1, -0.05) is 12.1 Å². The number of pyridine rings is 1. The molecular formula is C18H18F2N4O. The highest BCUT2D eigenvalue weighted by atomic mass is 19.2. The number of benzene rings is 1. The molecule has 130 valence electrons. The summed E-state index contributed by atoms with van der Waals surface area (Å²) in [4.78, 5) is 11.8. The number of rotatable bonds is 7. The second-order valence-corrected chi connectivity index (χ2v) is 5.75. The number of carbonyl (C=O) groups excluding carboxylic acids is 1. The van der Waals surface area contributed by atoms with Crippen LogP contribution in [0.4, 0.5) is 8.78 Å². The Bertz CT molecular complexity index is 878. The van der Waals surface area contributed by atoms with E-state index in [2.05, 4.69) is 15.5 Å². The molecule has 0 saturated heterocycles. The highest BCUT2D eigenvalue weighted by Crippen LogP contribution is 2.10. The van der Waals surface area contributed by atoms with E-state index in [4.69, 9.17) is 0 Å². The van der Waals surface area contributed by atoms with E-state index in [-0.39, 0.29) is 12.3 Å². The van der Waals surface area contributed by atoms with Gasteiger partial charge in [-0.05, 0) is 42.7 Å². The van der Waals surface area contributed by atoms with Crippen molar-refractivity contribution in [2.24, 2.45) is 0 Å². The lowest BCUT2D eigenvalue weighted by Crippen LogP contribution is -2.25. The maximum Gasteiger partial charge on any atom is 0.220 e. The number of aromatic nitrogens is 3. The molecule has 0 spiro atoms. The summed E-state index contributed by atoms with van der Waals surface area (Å²) >= 11 is 0. The van der Waals surface area contributed by atoms with Gasteiger partial charge >= 0.3 is 0 Å². The summed E-state index contributed by atoms with van der Waals surface area (Å²) in [7, 11) is 0. The first-order chi connectivity index (χ1) is 12.1. The van der Waals surface area contributed by atoms with Crippen LogP contribution in [0.15, 0.2) is 42.6 Å². The molecule has 0 aliphatic rings. The highest BCUT2D eigenvalue weighted by Gasteiger charge is 2.07. The number of nitrogens with zero attached hydrogens (tertiary/aromatic N) is 3. The number of nitrogens with one attached hydrogen (secondary N) is 1. The Morgan fingerprint density at radius 1 is 1.08 bits per heavy atom. The summed E-state index contributed by atoms with van der Waals surface area (Å²) in [6.45, 7) is 0.526. The molecule has 0 aliphatic carbocycles. The van der Waals surface area contributed by atoms with Gasteiger partial charge in [0.15, 0.2) is 17.3 Å². The van der Waals surface area contributed by atoms with Crippen LogP contribution >= 0.6 is 0 Å². The average molecular weight is 344 g/mol. The quantitative estimate of drug-likeness (QED) is 0.671. The van der Waals surface area contributed by atoms with Gasteiger partial charge in [0.05, 0.1) is 0 Å². The van der Waals surface area contributed by atoms with Gasteiger partial charge in [-0.3, -0.25) is 9.20 Å². The molecule has 3 rings (SSSR count). The van der Waals surface area contributed by atoms with Gasteiger partial charge in [0.25, 0.3) is 0 Å². The molecule has 3 aromatic rings. The van der Waals surface area contributed by atoms with E-state index >= 15 is 0 Å². The molecule has 25 heavy (non-hydrogen) atoms. The summed E-state index contributed by atoms with van der Waals surface area (Å²) in [6, 6.07) is 9.39. The monoisotopic (exact) mass is 344 g/mol. The summed E-state index contributed by atoms with van der Waals surface area (Å²) in [5, 5.41) is 11.0. The molecule has 0 fully saturated rings. The van der Waals surface area contributed by atoms with Crippen molar-refractivity contribution in [1.29, 1.82) is 0 Å². The normalized spacial score (nSPS) is 11.0. The third-order valence-electron chi connectivity index (χ3n) is 3.91. The van der Waals surface area contributed by atoms with Gasteiger partial charge in [0.1, 0.15) is 5.82 Å². The molecule has 0 atom stereocenters. The predicted octanol–water partition coefficient (Wildman–Crippen LogP) is 2.69. The first-order valence-electron chi connectivity index (χ1n) is 8.13. The number of amides is 1. The van der Waals surface area contributed by atoms with Crippen molar-refractivity contribution in [3.05, 3.63) is 65.6 Å². The Kier molecular flexibility index (Phi) is 5.33. The summed E-state index contributed by atoms with van der Waals surface area (Å²) in [5.74, 6) is -1.03. The van der Waals surface area contributed by atoms with Crippen LogP contribution in [0.1, 0.15) is 24.2 Å². The van der Waals surface area contributed by atoms with Crippen LogP contribution in [0.5, 0.6) is 0 Å². The van der Waals surface area contributed by atoms with E-state index < -0.39 is 11.6 Å². The Balaban J connectivity index is 1.40. The fourth-order valence-electron chi connectivity index (χ4n) is 2.58. The molecule has 1 aromatic carbocycles. The van der Waals surface area contributed by atoms with Crippen LogP contribution < -0.4 is 5.32 Å². The van der Waals surface area contributed by atoms with Crippen molar-refractivity contribution in [2.45, 2.75) is 25.7 Å². The third-order valence-corrected chi connectivity index (χ3v) is 3.91. The SMILES string of the molecule is O=C(CCc1ccc(F)c(F)c1)NCCCc1nnc2ccccn12. The standard InChI is InChI=1S/C18H18F2N4O/c19-14-8-6-13(12-15(14)20)7-9-18(25)21-10-3-5-17-23-22-16-4-1-2-11-24(16)17/h1-2,4,6,8,11-12H,3,5,7,9-10H2,(H,21,25). The van der Waals surface area contributed by atoms with Crippen molar-refractivity contribution >= 4 is 11.6 Å². The summed E-state index contributed by atoms with van der Waals surface area (Å²) in [5.41, 5.74) is 1.40. The van der Waals surface area contributed by atoms with E-state index in [9.17, 15) is 13.6 Å². The molecule has 0 unspecified atom stereocenters. The van der Waals surface area contributed by atoms with Crippen LogP contribution in [0.3, 0.4) is 0 Å². The lowest BCUT2D eigenvalue weighted by molar-refractivity contribution is -0.121. The minimum absolute atomic E-state index is 0.115. The first kappa shape index (κ1) is 17.0. The minimum Gasteiger partial charge on any atom is -0.356 e. The lowest BCUT2D eigenvalue weighted by atomic mass is 10.1. The lowest BCUT2D eigenvalue weighted by Gasteiger charge is -2.05. The van der Waals surface area contributed by atoms with Crippen LogP contribution in [-0.4, -0.2) is 27.0 Å². The molecule has 0 aliphatic heterocycles. The van der Waals surface area contributed by atoms with E-state index in [0.717, 1.165) is 30.0 Å². The fourth-order valence-corrected chi connectivity index (χ4v) is 2.58. The smallest absolute Gasteiger partial charge is 0.220 e. The van der Waals surface area contributed by atoms with E-state index in [1.54, 1.807) is 0 Å². The largest absolute Gasteiger partial charge is 0.356 e. The second kappa shape index (κ2) is 7.83. The molecule has 2 heterocycles. The number of carbonyl (C=O) groups is 1. The molecule has 0 bridgehead atoms. The van der Waals surface area contributed by atoms with E-state index in [1.807, 2.05) is 28.8 Å². The van der Waals surface area contributed by atoms with Crippen LogP contribution in [0.25, 0.3) is 5.65 Å². The van der Waals surface area contributed by atoms with Crippen molar-refractivity contribution in [2.75, 3.05) is 6.54 Å². The molecule has 1 amide bonds. The minimum atomic E-state index is -0.890. The van der Waals surface area contributed by atoms with Crippen molar-refractivity contribution in [1.82, 2.24) is 19.9 Å². The average Bonchev–Trinajstić information content (AvgIpc) is 3.03. The van der Waals surface area contributed by atoms with Crippen molar-refractivity contribution < 1.29 is 13.6 Å². The predicted molar refractivity (Wildman–Crippen MR) is 89.0 cm³/mol. The Hall–Kier alpha value is -2.83. The van der Waals surface area contributed by atoms with Gasteiger partial charge in [0, 0.05) is 25.6 Å². The topological polar surface area (TPSA) is 59.3 Å². The molecule has 7 heteroatoms. The number of hydrogen-bond acceptors (Lipinski definition) is 3. The fraction of sp³-hybridized carbons (Fsp3) is 0.278. The number of hydrogen-bond donors (Lipinski definition) is 1.